The number of carbonyl (C=O) groups excluding carboxylic acids is 1. The van der Waals surface area contributed by atoms with Gasteiger partial charge in [0.25, 0.3) is 0 Å². The van der Waals surface area contributed by atoms with Crippen LogP contribution in [0.25, 0.3) is 0 Å². The minimum Gasteiger partial charge on any atom is -0.353 e. The largest absolute Gasteiger partial charge is 0.353 e. The molecule has 0 spiro atoms. The van der Waals surface area contributed by atoms with Gasteiger partial charge in [0.15, 0.2) is 0 Å². The van der Waals surface area contributed by atoms with Gasteiger partial charge in [-0.15, -0.1) is 0 Å². The molecule has 17 heavy (non-hydrogen) atoms. The van der Waals surface area contributed by atoms with Crippen LogP contribution in [-0.2, 0) is 4.79 Å². The van der Waals surface area contributed by atoms with Gasteiger partial charge in [-0.2, -0.15) is 5.26 Å². The lowest BCUT2D eigenvalue weighted by atomic mass is 10.00. The first-order chi connectivity index (χ1) is 8.21. The van der Waals surface area contributed by atoms with Gasteiger partial charge in [0.05, 0.1) is 12.6 Å². The number of nitrogens with one attached hydrogen (secondary N) is 1. The molecule has 96 valence electrons. The van der Waals surface area contributed by atoms with E-state index in [1.807, 2.05) is 0 Å². The van der Waals surface area contributed by atoms with E-state index in [0.29, 0.717) is 12.6 Å². The summed E-state index contributed by atoms with van der Waals surface area (Å²) in [4.78, 5) is 14.0. The van der Waals surface area contributed by atoms with Crippen molar-refractivity contribution in [1.82, 2.24) is 10.2 Å². The number of nitrogens with zero attached hydrogens (tertiary/aromatic N) is 2. The van der Waals surface area contributed by atoms with Gasteiger partial charge in [-0.1, -0.05) is 13.8 Å². The van der Waals surface area contributed by atoms with E-state index >= 15 is 0 Å². The van der Waals surface area contributed by atoms with Crippen LogP contribution >= 0.6 is 0 Å². The zero-order chi connectivity index (χ0) is 12.7. The van der Waals surface area contributed by atoms with Gasteiger partial charge < -0.3 is 5.32 Å². The SMILES string of the molecule is CCC(CC)C(=O)NC1CCN(CC#N)CC1. The van der Waals surface area contributed by atoms with Crippen LogP contribution in [0.15, 0.2) is 0 Å². The highest BCUT2D eigenvalue weighted by Crippen LogP contribution is 2.13. The maximum Gasteiger partial charge on any atom is 0.223 e. The topological polar surface area (TPSA) is 56.1 Å². The zero-order valence-corrected chi connectivity index (χ0v) is 10.9. The van der Waals surface area contributed by atoms with E-state index in [4.69, 9.17) is 5.26 Å². The van der Waals surface area contributed by atoms with Crippen LogP contribution in [0, 0.1) is 17.2 Å². The summed E-state index contributed by atoms with van der Waals surface area (Å²) in [6, 6.07) is 2.47. The van der Waals surface area contributed by atoms with Gasteiger partial charge in [0.1, 0.15) is 0 Å². The summed E-state index contributed by atoms with van der Waals surface area (Å²) < 4.78 is 0. The third-order valence-electron chi connectivity index (χ3n) is 3.58. The third kappa shape index (κ3) is 4.35. The van der Waals surface area contributed by atoms with Gasteiger partial charge in [0, 0.05) is 25.0 Å². The normalized spacial score (nSPS) is 18.0. The standard InChI is InChI=1S/C13H23N3O/c1-3-11(4-2)13(17)15-12-5-8-16(9-6-12)10-7-14/h11-12H,3-6,8-10H2,1-2H3,(H,15,17). The summed E-state index contributed by atoms with van der Waals surface area (Å²) in [5, 5.41) is 11.7. The van der Waals surface area contributed by atoms with Crippen LogP contribution < -0.4 is 5.32 Å². The van der Waals surface area contributed by atoms with E-state index in [-0.39, 0.29) is 11.8 Å². The molecule has 1 heterocycles. The summed E-state index contributed by atoms with van der Waals surface area (Å²) in [6.45, 7) is 6.46. The van der Waals surface area contributed by atoms with E-state index in [1.54, 1.807) is 0 Å². The lowest BCUT2D eigenvalue weighted by Gasteiger charge is -2.31. The molecule has 0 radical (unpaired) electrons. The predicted octanol–water partition coefficient (Wildman–Crippen LogP) is 1.53. The number of amides is 1. The lowest BCUT2D eigenvalue weighted by Crippen LogP contribution is -2.46. The zero-order valence-electron chi connectivity index (χ0n) is 10.9. The van der Waals surface area contributed by atoms with Crippen LogP contribution in [-0.4, -0.2) is 36.5 Å². The fraction of sp³-hybridized carbons (Fsp3) is 0.846. The lowest BCUT2D eigenvalue weighted by molar-refractivity contribution is -0.126. The molecular weight excluding hydrogens is 214 g/mol. The van der Waals surface area contributed by atoms with Crippen LogP contribution in [0.1, 0.15) is 39.5 Å². The summed E-state index contributed by atoms with van der Waals surface area (Å²) in [5.74, 6) is 0.362. The molecule has 4 heteroatoms. The highest BCUT2D eigenvalue weighted by atomic mass is 16.1. The third-order valence-corrected chi connectivity index (χ3v) is 3.58. The number of rotatable bonds is 5. The van der Waals surface area contributed by atoms with Crippen molar-refractivity contribution in [3.05, 3.63) is 0 Å². The molecule has 1 rings (SSSR count). The minimum atomic E-state index is 0.159. The Kier molecular flexibility index (Phi) is 5.99. The number of hydrogen-bond donors (Lipinski definition) is 1. The van der Waals surface area contributed by atoms with E-state index in [2.05, 4.69) is 30.1 Å². The Morgan fingerprint density at radius 1 is 1.41 bits per heavy atom. The number of piperidine rings is 1. The molecule has 0 aromatic heterocycles. The molecule has 4 nitrogen and oxygen atoms in total. The average molecular weight is 237 g/mol. The Labute approximate surface area is 104 Å². The van der Waals surface area contributed by atoms with E-state index in [0.717, 1.165) is 38.8 Å². The number of carbonyl (C=O) groups is 1. The van der Waals surface area contributed by atoms with Crippen molar-refractivity contribution in [3.8, 4) is 6.07 Å². The first kappa shape index (κ1) is 14.0. The highest BCUT2D eigenvalue weighted by molar-refractivity contribution is 5.78. The molecule has 1 aliphatic rings. The molecular formula is C13H23N3O. The van der Waals surface area contributed by atoms with Gasteiger partial charge in [-0.3, -0.25) is 9.69 Å². The van der Waals surface area contributed by atoms with Crippen LogP contribution in [0.3, 0.4) is 0 Å². The number of likely N-dealkylation sites (tertiary alicyclic amines) is 1. The van der Waals surface area contributed by atoms with Gasteiger partial charge in [0.2, 0.25) is 5.91 Å². The Morgan fingerprint density at radius 3 is 2.47 bits per heavy atom. The summed E-state index contributed by atoms with van der Waals surface area (Å²) in [7, 11) is 0. The molecule has 0 aromatic carbocycles. The molecule has 1 saturated heterocycles. The summed E-state index contributed by atoms with van der Waals surface area (Å²) in [5.41, 5.74) is 0. The van der Waals surface area contributed by atoms with E-state index in [9.17, 15) is 4.79 Å². The molecule has 1 fully saturated rings. The maximum atomic E-state index is 11.9. The fourth-order valence-corrected chi connectivity index (χ4v) is 2.31. The van der Waals surface area contributed by atoms with Gasteiger partial charge in [-0.25, -0.2) is 0 Å². The van der Waals surface area contributed by atoms with Crippen molar-refractivity contribution in [1.29, 1.82) is 5.26 Å². The first-order valence-electron chi connectivity index (χ1n) is 6.60. The quantitative estimate of drug-likeness (QED) is 0.738. The molecule has 0 aliphatic carbocycles. The van der Waals surface area contributed by atoms with Crippen LogP contribution in [0.2, 0.25) is 0 Å². The Hall–Kier alpha value is -1.08. The van der Waals surface area contributed by atoms with Crippen LogP contribution in [0.5, 0.6) is 0 Å². The first-order valence-corrected chi connectivity index (χ1v) is 6.60. The molecule has 1 N–H and O–H groups in total. The molecule has 1 aliphatic heterocycles. The second-order valence-corrected chi connectivity index (χ2v) is 4.73. The Bertz CT molecular complexity index is 273. The van der Waals surface area contributed by atoms with Crippen molar-refractivity contribution in [2.24, 2.45) is 5.92 Å². The number of hydrogen-bond acceptors (Lipinski definition) is 3. The minimum absolute atomic E-state index is 0.159. The summed E-state index contributed by atoms with van der Waals surface area (Å²) in [6.07, 6.45) is 3.76. The van der Waals surface area contributed by atoms with Gasteiger partial charge >= 0.3 is 0 Å². The monoisotopic (exact) mass is 237 g/mol. The molecule has 0 unspecified atom stereocenters. The molecule has 1 amide bonds. The smallest absolute Gasteiger partial charge is 0.223 e. The van der Waals surface area contributed by atoms with Gasteiger partial charge in [-0.05, 0) is 25.7 Å². The van der Waals surface area contributed by atoms with Crippen molar-refractivity contribution in [2.45, 2.75) is 45.6 Å². The Balaban J connectivity index is 2.30. The number of nitriles is 1. The van der Waals surface area contributed by atoms with Crippen molar-refractivity contribution in [3.63, 3.8) is 0 Å². The second kappa shape index (κ2) is 7.29. The van der Waals surface area contributed by atoms with Crippen molar-refractivity contribution in [2.75, 3.05) is 19.6 Å². The molecule has 0 atom stereocenters. The highest BCUT2D eigenvalue weighted by Gasteiger charge is 2.22. The summed E-state index contributed by atoms with van der Waals surface area (Å²) >= 11 is 0. The van der Waals surface area contributed by atoms with Crippen molar-refractivity contribution < 1.29 is 4.79 Å². The Morgan fingerprint density at radius 2 is 2.00 bits per heavy atom. The van der Waals surface area contributed by atoms with Crippen LogP contribution in [0.4, 0.5) is 0 Å². The maximum absolute atomic E-state index is 11.9. The van der Waals surface area contributed by atoms with E-state index < -0.39 is 0 Å². The molecule has 0 bridgehead atoms. The predicted molar refractivity (Wildman–Crippen MR) is 67.3 cm³/mol. The average Bonchev–Trinajstić information content (AvgIpc) is 2.33. The van der Waals surface area contributed by atoms with E-state index in [1.165, 1.54) is 0 Å². The second-order valence-electron chi connectivity index (χ2n) is 4.73. The van der Waals surface area contributed by atoms with Crippen molar-refractivity contribution >= 4 is 5.91 Å². The molecule has 0 saturated carbocycles. The molecule has 0 aromatic rings. The fourth-order valence-electron chi connectivity index (χ4n) is 2.31.